The average molecular weight is 429 g/mol. The summed E-state index contributed by atoms with van der Waals surface area (Å²) in [4.78, 5) is 24.1. The predicted octanol–water partition coefficient (Wildman–Crippen LogP) is 4.04. The van der Waals surface area contributed by atoms with Gasteiger partial charge in [0.25, 0.3) is 5.91 Å². The van der Waals surface area contributed by atoms with Crippen molar-refractivity contribution in [3.8, 4) is 0 Å². The Morgan fingerprint density at radius 3 is 2.50 bits per heavy atom. The van der Waals surface area contributed by atoms with Crippen molar-refractivity contribution in [3.63, 3.8) is 0 Å². The molecular weight excluding hydrogens is 396 g/mol. The Bertz CT molecular complexity index is 843. The van der Waals surface area contributed by atoms with Gasteiger partial charge in [-0.05, 0) is 30.5 Å². The number of nitrogens with zero attached hydrogens (tertiary/aromatic N) is 3. The van der Waals surface area contributed by atoms with E-state index < -0.39 is 0 Å². The van der Waals surface area contributed by atoms with E-state index in [4.69, 9.17) is 14.7 Å². The van der Waals surface area contributed by atoms with Crippen molar-refractivity contribution in [2.75, 3.05) is 38.3 Å². The van der Waals surface area contributed by atoms with Gasteiger partial charge in [0, 0.05) is 49.5 Å². The Morgan fingerprint density at radius 1 is 1.17 bits per heavy atom. The molecule has 1 aliphatic rings. The third kappa shape index (κ3) is 6.19. The molecule has 0 saturated carbocycles. The molecule has 1 saturated heterocycles. The van der Waals surface area contributed by atoms with Crippen LogP contribution in [0, 0.1) is 0 Å². The number of amides is 1. The first-order valence-corrected chi connectivity index (χ1v) is 11.5. The van der Waals surface area contributed by atoms with Gasteiger partial charge in [-0.25, -0.2) is 9.97 Å². The Morgan fingerprint density at radius 2 is 1.87 bits per heavy atom. The first-order chi connectivity index (χ1) is 14.4. The molecule has 0 bridgehead atoms. The molecule has 2 heterocycles. The van der Waals surface area contributed by atoms with Gasteiger partial charge < -0.3 is 15.0 Å². The van der Waals surface area contributed by atoms with Crippen molar-refractivity contribution in [1.82, 2.24) is 15.3 Å². The standard InChI is InChI=1S/C23H32N4O2S/c1-23(2,3)19-15-20(27-12-5-6-13-27)26-22(25-19)30-16-17-7-9-18(10-8-17)21(28)24-11-14-29-4/h7-10,15H,5-6,11-14,16H2,1-4H3,(H,24,28). The van der Waals surface area contributed by atoms with Crippen LogP contribution in [0.4, 0.5) is 5.82 Å². The summed E-state index contributed by atoms with van der Waals surface area (Å²) in [7, 11) is 1.62. The number of rotatable bonds is 8. The Kier molecular flexibility index (Phi) is 7.72. The molecule has 30 heavy (non-hydrogen) atoms. The molecule has 0 aliphatic carbocycles. The van der Waals surface area contributed by atoms with Crippen LogP contribution >= 0.6 is 11.8 Å². The summed E-state index contributed by atoms with van der Waals surface area (Å²) < 4.78 is 4.96. The van der Waals surface area contributed by atoms with Gasteiger partial charge >= 0.3 is 0 Å². The largest absolute Gasteiger partial charge is 0.383 e. The second kappa shape index (κ2) is 10.3. The quantitative estimate of drug-likeness (QED) is 0.389. The van der Waals surface area contributed by atoms with Gasteiger partial charge in [-0.1, -0.05) is 44.7 Å². The lowest BCUT2D eigenvalue weighted by Gasteiger charge is -2.23. The van der Waals surface area contributed by atoms with Crippen LogP contribution in [-0.4, -0.2) is 49.2 Å². The van der Waals surface area contributed by atoms with Crippen LogP contribution in [0.5, 0.6) is 0 Å². The molecule has 1 amide bonds. The number of anilines is 1. The molecule has 0 unspecified atom stereocenters. The number of carbonyl (C=O) groups is 1. The molecule has 162 valence electrons. The maximum atomic E-state index is 12.1. The van der Waals surface area contributed by atoms with Gasteiger partial charge in [0.05, 0.1) is 12.3 Å². The molecule has 1 N–H and O–H groups in total. The minimum Gasteiger partial charge on any atom is -0.383 e. The van der Waals surface area contributed by atoms with Gasteiger partial charge in [0.1, 0.15) is 5.82 Å². The number of aromatic nitrogens is 2. The molecule has 1 fully saturated rings. The highest BCUT2D eigenvalue weighted by molar-refractivity contribution is 7.98. The number of nitrogens with one attached hydrogen (secondary N) is 1. The number of carbonyl (C=O) groups excluding carboxylic acids is 1. The molecular formula is C23H32N4O2S. The van der Waals surface area contributed by atoms with E-state index in [1.807, 2.05) is 24.3 Å². The summed E-state index contributed by atoms with van der Waals surface area (Å²) in [5.74, 6) is 1.72. The number of benzene rings is 1. The highest BCUT2D eigenvalue weighted by Gasteiger charge is 2.21. The van der Waals surface area contributed by atoms with Crippen molar-refractivity contribution in [2.24, 2.45) is 0 Å². The maximum Gasteiger partial charge on any atom is 0.251 e. The van der Waals surface area contributed by atoms with Crippen LogP contribution in [0.2, 0.25) is 0 Å². The van der Waals surface area contributed by atoms with E-state index in [2.05, 4.69) is 37.1 Å². The molecule has 6 nitrogen and oxygen atoms in total. The lowest BCUT2D eigenvalue weighted by Crippen LogP contribution is -2.26. The molecule has 7 heteroatoms. The molecule has 0 atom stereocenters. The number of hydrogen-bond acceptors (Lipinski definition) is 6. The van der Waals surface area contributed by atoms with E-state index in [1.54, 1.807) is 18.9 Å². The van der Waals surface area contributed by atoms with Crippen LogP contribution in [0.25, 0.3) is 0 Å². The van der Waals surface area contributed by atoms with E-state index in [1.165, 1.54) is 12.8 Å². The van der Waals surface area contributed by atoms with Gasteiger partial charge in [-0.3, -0.25) is 4.79 Å². The molecule has 3 rings (SSSR count). The third-order valence-corrected chi connectivity index (χ3v) is 5.98. The van der Waals surface area contributed by atoms with Gasteiger partial charge in [0.15, 0.2) is 5.16 Å². The summed E-state index contributed by atoms with van der Waals surface area (Å²) in [5.41, 5.74) is 2.85. The normalized spacial score (nSPS) is 14.2. The van der Waals surface area contributed by atoms with Gasteiger partial charge in [0.2, 0.25) is 0 Å². The van der Waals surface area contributed by atoms with Crippen LogP contribution < -0.4 is 10.2 Å². The van der Waals surface area contributed by atoms with Crippen molar-refractivity contribution in [1.29, 1.82) is 0 Å². The zero-order valence-electron chi connectivity index (χ0n) is 18.4. The number of methoxy groups -OCH3 is 1. The lowest BCUT2D eigenvalue weighted by atomic mass is 9.92. The molecule has 0 radical (unpaired) electrons. The highest BCUT2D eigenvalue weighted by Crippen LogP contribution is 2.29. The second-order valence-electron chi connectivity index (χ2n) is 8.57. The van der Waals surface area contributed by atoms with E-state index in [-0.39, 0.29) is 11.3 Å². The summed E-state index contributed by atoms with van der Waals surface area (Å²) in [6.45, 7) is 9.72. The van der Waals surface area contributed by atoms with E-state index in [0.717, 1.165) is 41.1 Å². The van der Waals surface area contributed by atoms with Crippen LogP contribution in [0.15, 0.2) is 35.5 Å². The molecule has 2 aromatic rings. The smallest absolute Gasteiger partial charge is 0.251 e. The van der Waals surface area contributed by atoms with Crippen LogP contribution in [0.1, 0.15) is 55.2 Å². The fourth-order valence-electron chi connectivity index (χ4n) is 3.24. The topological polar surface area (TPSA) is 67.3 Å². The third-order valence-electron chi connectivity index (χ3n) is 5.07. The molecule has 0 spiro atoms. The first-order valence-electron chi connectivity index (χ1n) is 10.5. The van der Waals surface area contributed by atoms with Crippen LogP contribution in [0.3, 0.4) is 0 Å². The zero-order chi connectivity index (χ0) is 21.6. The summed E-state index contributed by atoms with van der Waals surface area (Å²) in [6, 6.07) is 9.85. The van der Waals surface area contributed by atoms with Crippen molar-refractivity contribution in [3.05, 3.63) is 47.2 Å². The Balaban J connectivity index is 1.67. The average Bonchev–Trinajstić information content (AvgIpc) is 3.27. The lowest BCUT2D eigenvalue weighted by molar-refractivity contribution is 0.0937. The number of ether oxygens (including phenoxy) is 1. The van der Waals surface area contributed by atoms with E-state index in [9.17, 15) is 4.79 Å². The van der Waals surface area contributed by atoms with Gasteiger partial charge in [-0.15, -0.1) is 0 Å². The predicted molar refractivity (Wildman–Crippen MR) is 122 cm³/mol. The maximum absolute atomic E-state index is 12.1. The SMILES string of the molecule is COCCNC(=O)c1ccc(CSc2nc(N3CCCC3)cc(C(C)(C)C)n2)cc1. The minimum absolute atomic E-state index is 0.0233. The van der Waals surface area contributed by atoms with E-state index in [0.29, 0.717) is 18.7 Å². The zero-order valence-corrected chi connectivity index (χ0v) is 19.2. The molecule has 1 aromatic carbocycles. The monoisotopic (exact) mass is 428 g/mol. The summed E-state index contributed by atoms with van der Waals surface area (Å²) in [6.07, 6.45) is 2.45. The first kappa shape index (κ1) is 22.6. The van der Waals surface area contributed by atoms with E-state index >= 15 is 0 Å². The number of thioether (sulfide) groups is 1. The Labute approximate surface area is 183 Å². The molecule has 1 aliphatic heterocycles. The summed E-state index contributed by atoms with van der Waals surface area (Å²) >= 11 is 1.64. The summed E-state index contributed by atoms with van der Waals surface area (Å²) in [5, 5.41) is 3.65. The Hall–Kier alpha value is -2.12. The van der Waals surface area contributed by atoms with Crippen molar-refractivity contribution >= 4 is 23.5 Å². The minimum atomic E-state index is -0.0808. The van der Waals surface area contributed by atoms with Crippen molar-refractivity contribution in [2.45, 2.75) is 49.9 Å². The fourth-order valence-corrected chi connectivity index (χ4v) is 4.05. The van der Waals surface area contributed by atoms with Crippen molar-refractivity contribution < 1.29 is 9.53 Å². The van der Waals surface area contributed by atoms with Gasteiger partial charge in [-0.2, -0.15) is 0 Å². The second-order valence-corrected chi connectivity index (χ2v) is 9.51. The highest BCUT2D eigenvalue weighted by atomic mass is 32.2. The van der Waals surface area contributed by atoms with Crippen LogP contribution in [-0.2, 0) is 15.9 Å². The fraction of sp³-hybridized carbons (Fsp3) is 0.522. The number of hydrogen-bond donors (Lipinski definition) is 1. The molecule has 1 aromatic heterocycles.